The fraction of sp³-hybridized carbons (Fsp3) is 0.333. The van der Waals surface area contributed by atoms with E-state index in [0.29, 0.717) is 23.1 Å². The predicted molar refractivity (Wildman–Crippen MR) is 80.0 cm³/mol. The number of nitrogens with one attached hydrogen (secondary N) is 1. The Morgan fingerprint density at radius 2 is 1.80 bits per heavy atom. The van der Waals surface area contributed by atoms with Gasteiger partial charge in [0.05, 0.1) is 31.5 Å². The summed E-state index contributed by atoms with van der Waals surface area (Å²) in [6, 6.07) is 7.48. The summed E-state index contributed by atoms with van der Waals surface area (Å²) in [6.07, 6.45) is 0.887. The fourth-order valence-electron chi connectivity index (χ4n) is 1.89. The van der Waals surface area contributed by atoms with Crippen LogP contribution in [0, 0.1) is 0 Å². The monoisotopic (exact) mass is 295 g/mol. The van der Waals surface area contributed by atoms with E-state index in [4.69, 9.17) is 25.5 Å². The molecule has 0 aliphatic carbocycles. The molecule has 0 aliphatic rings. The number of anilines is 1. The molecule has 0 saturated carbocycles. The third-order valence-corrected chi connectivity index (χ3v) is 3.29. The summed E-state index contributed by atoms with van der Waals surface area (Å²) >= 11 is 6.07. The second kappa shape index (κ2) is 6.57. The number of aryl methyl sites for hydroxylation is 1. The minimum absolute atomic E-state index is 0.515. The largest absolute Gasteiger partial charge is 0.495 e. The third-order valence-electron chi connectivity index (χ3n) is 2.99. The van der Waals surface area contributed by atoms with Crippen LogP contribution in [-0.4, -0.2) is 14.2 Å². The van der Waals surface area contributed by atoms with Crippen LogP contribution in [0.5, 0.6) is 11.5 Å². The number of benzene rings is 1. The molecule has 0 spiro atoms. The van der Waals surface area contributed by atoms with E-state index < -0.39 is 0 Å². The van der Waals surface area contributed by atoms with Gasteiger partial charge in [0.25, 0.3) is 0 Å². The lowest BCUT2D eigenvalue weighted by Gasteiger charge is -2.13. The van der Waals surface area contributed by atoms with Crippen LogP contribution in [0.1, 0.15) is 18.4 Å². The highest BCUT2D eigenvalue weighted by Gasteiger charge is 2.10. The van der Waals surface area contributed by atoms with Gasteiger partial charge in [-0.25, -0.2) is 0 Å². The molecule has 0 aliphatic heterocycles. The summed E-state index contributed by atoms with van der Waals surface area (Å²) in [6.45, 7) is 2.63. The highest BCUT2D eigenvalue weighted by molar-refractivity contribution is 6.32. The smallest absolute Gasteiger partial charge is 0.143 e. The van der Waals surface area contributed by atoms with Gasteiger partial charge < -0.3 is 19.2 Å². The van der Waals surface area contributed by atoms with Crippen molar-refractivity contribution < 1.29 is 13.9 Å². The lowest BCUT2D eigenvalue weighted by atomic mass is 10.2. The van der Waals surface area contributed by atoms with Gasteiger partial charge in [0.15, 0.2) is 0 Å². The zero-order valence-electron chi connectivity index (χ0n) is 11.8. The molecule has 0 fully saturated rings. The summed E-state index contributed by atoms with van der Waals surface area (Å²) in [7, 11) is 3.18. The number of furan rings is 1. The van der Waals surface area contributed by atoms with Gasteiger partial charge in [-0.15, -0.1) is 0 Å². The van der Waals surface area contributed by atoms with Crippen molar-refractivity contribution in [2.24, 2.45) is 0 Å². The van der Waals surface area contributed by atoms with Gasteiger partial charge in [-0.1, -0.05) is 18.5 Å². The van der Waals surface area contributed by atoms with Gasteiger partial charge in [0, 0.05) is 18.6 Å². The van der Waals surface area contributed by atoms with Crippen LogP contribution in [0.25, 0.3) is 0 Å². The van der Waals surface area contributed by atoms with Crippen molar-refractivity contribution in [3.05, 3.63) is 40.8 Å². The zero-order valence-corrected chi connectivity index (χ0v) is 12.6. The molecule has 0 atom stereocenters. The van der Waals surface area contributed by atoms with E-state index in [-0.39, 0.29) is 0 Å². The number of rotatable bonds is 6. The summed E-state index contributed by atoms with van der Waals surface area (Å²) in [5.41, 5.74) is 0.809. The van der Waals surface area contributed by atoms with Gasteiger partial charge in [-0.05, 0) is 12.1 Å². The van der Waals surface area contributed by atoms with E-state index in [2.05, 4.69) is 12.2 Å². The zero-order chi connectivity index (χ0) is 14.5. The average Bonchev–Trinajstić information content (AvgIpc) is 2.93. The first-order chi connectivity index (χ1) is 9.67. The summed E-state index contributed by atoms with van der Waals surface area (Å²) in [5, 5.41) is 3.78. The van der Waals surface area contributed by atoms with Crippen LogP contribution in [0.4, 0.5) is 5.69 Å². The lowest BCUT2D eigenvalue weighted by Crippen LogP contribution is -2.01. The normalized spacial score (nSPS) is 10.4. The van der Waals surface area contributed by atoms with Gasteiger partial charge >= 0.3 is 0 Å². The van der Waals surface area contributed by atoms with Crippen LogP contribution in [0.3, 0.4) is 0 Å². The molecular formula is C15H18ClNO3. The van der Waals surface area contributed by atoms with Crippen molar-refractivity contribution in [2.45, 2.75) is 19.9 Å². The average molecular weight is 296 g/mol. The topological polar surface area (TPSA) is 43.6 Å². The molecule has 0 unspecified atom stereocenters. The summed E-state index contributed by atoms with van der Waals surface area (Å²) in [4.78, 5) is 0. The maximum absolute atomic E-state index is 6.07. The first kappa shape index (κ1) is 14.6. The molecule has 1 aromatic heterocycles. The molecule has 0 bridgehead atoms. The standard InChI is InChI=1S/C15H18ClNO3/c1-4-10-5-6-11(20-10)9-17-13-8-14(18-2)12(16)7-15(13)19-3/h5-8,17H,4,9H2,1-3H3. The fourth-order valence-corrected chi connectivity index (χ4v) is 2.12. The van der Waals surface area contributed by atoms with E-state index in [1.165, 1.54) is 0 Å². The number of ether oxygens (including phenoxy) is 2. The SMILES string of the molecule is CCc1ccc(CNc2cc(OC)c(Cl)cc2OC)o1. The number of hydrogen-bond donors (Lipinski definition) is 1. The predicted octanol–water partition coefficient (Wildman–Crippen LogP) is 4.12. The van der Waals surface area contributed by atoms with Crippen molar-refractivity contribution in [1.82, 2.24) is 0 Å². The first-order valence-corrected chi connectivity index (χ1v) is 6.78. The van der Waals surface area contributed by atoms with Crippen LogP contribution in [0.2, 0.25) is 5.02 Å². The van der Waals surface area contributed by atoms with Gasteiger partial charge in [-0.3, -0.25) is 0 Å². The van der Waals surface area contributed by atoms with E-state index >= 15 is 0 Å². The molecule has 5 heteroatoms. The first-order valence-electron chi connectivity index (χ1n) is 6.41. The maximum atomic E-state index is 6.07. The van der Waals surface area contributed by atoms with E-state index in [1.54, 1.807) is 20.3 Å². The molecule has 1 aromatic carbocycles. The number of methoxy groups -OCH3 is 2. The molecule has 108 valence electrons. The summed E-state index contributed by atoms with van der Waals surface area (Å²) < 4.78 is 16.2. The molecule has 2 aromatic rings. The third kappa shape index (κ3) is 3.20. The number of hydrogen-bond acceptors (Lipinski definition) is 4. The van der Waals surface area contributed by atoms with Crippen molar-refractivity contribution in [3.8, 4) is 11.5 Å². The van der Waals surface area contributed by atoms with Crippen molar-refractivity contribution in [2.75, 3.05) is 19.5 Å². The summed E-state index contributed by atoms with van der Waals surface area (Å²) in [5.74, 6) is 3.11. The molecule has 0 amide bonds. The van der Waals surface area contributed by atoms with E-state index in [1.807, 2.05) is 18.2 Å². The molecule has 20 heavy (non-hydrogen) atoms. The van der Waals surface area contributed by atoms with Gasteiger partial charge in [0.1, 0.15) is 23.0 Å². The van der Waals surface area contributed by atoms with Crippen LogP contribution >= 0.6 is 11.6 Å². The Morgan fingerprint density at radius 1 is 1.10 bits per heavy atom. The Bertz CT molecular complexity index is 580. The quantitative estimate of drug-likeness (QED) is 0.870. The van der Waals surface area contributed by atoms with Crippen molar-refractivity contribution in [1.29, 1.82) is 0 Å². The highest BCUT2D eigenvalue weighted by Crippen LogP contribution is 2.36. The molecular weight excluding hydrogens is 278 g/mol. The van der Waals surface area contributed by atoms with Crippen molar-refractivity contribution in [3.63, 3.8) is 0 Å². The Morgan fingerprint density at radius 3 is 2.40 bits per heavy atom. The Labute approximate surface area is 123 Å². The molecule has 0 saturated heterocycles. The van der Waals surface area contributed by atoms with E-state index in [0.717, 1.165) is 23.6 Å². The molecule has 4 nitrogen and oxygen atoms in total. The van der Waals surface area contributed by atoms with Crippen LogP contribution in [-0.2, 0) is 13.0 Å². The number of halogens is 1. The minimum Gasteiger partial charge on any atom is -0.495 e. The van der Waals surface area contributed by atoms with Crippen LogP contribution < -0.4 is 14.8 Å². The Balaban J connectivity index is 2.15. The van der Waals surface area contributed by atoms with Gasteiger partial charge in [0.2, 0.25) is 0 Å². The highest BCUT2D eigenvalue weighted by atomic mass is 35.5. The van der Waals surface area contributed by atoms with E-state index in [9.17, 15) is 0 Å². The Hall–Kier alpha value is -1.81. The molecule has 0 radical (unpaired) electrons. The van der Waals surface area contributed by atoms with Gasteiger partial charge in [-0.2, -0.15) is 0 Å². The van der Waals surface area contributed by atoms with Crippen molar-refractivity contribution >= 4 is 17.3 Å². The molecule has 1 heterocycles. The lowest BCUT2D eigenvalue weighted by molar-refractivity contribution is 0.404. The molecule has 1 N–H and O–H groups in total. The minimum atomic E-state index is 0.515. The second-order valence-corrected chi connectivity index (χ2v) is 4.67. The second-order valence-electron chi connectivity index (χ2n) is 4.26. The maximum Gasteiger partial charge on any atom is 0.143 e. The van der Waals surface area contributed by atoms with Crippen LogP contribution in [0.15, 0.2) is 28.7 Å². The Kier molecular flexibility index (Phi) is 4.79. The molecule has 2 rings (SSSR count).